The van der Waals surface area contributed by atoms with Gasteiger partial charge in [-0.25, -0.2) is 0 Å². The molecule has 32 heavy (non-hydrogen) atoms. The van der Waals surface area contributed by atoms with Crippen LogP contribution in [-0.2, 0) is 22.6 Å². The zero-order chi connectivity index (χ0) is 22.3. The summed E-state index contributed by atoms with van der Waals surface area (Å²) in [6, 6.07) is 16.8. The Morgan fingerprint density at radius 1 is 1.00 bits per heavy atom. The SMILES string of the molecule is O=C(O)[C@H](CCC1CCCCC1)N[C@H]1CCc2ccccc2N(Cc2ccccc2)C1=O. The van der Waals surface area contributed by atoms with E-state index in [1.165, 1.54) is 32.1 Å². The summed E-state index contributed by atoms with van der Waals surface area (Å²) in [6.07, 6.45) is 9.06. The van der Waals surface area contributed by atoms with Crippen LogP contribution in [0.4, 0.5) is 5.69 Å². The Morgan fingerprint density at radius 2 is 1.72 bits per heavy atom. The maximum Gasteiger partial charge on any atom is 0.320 e. The lowest BCUT2D eigenvalue weighted by molar-refractivity contribution is -0.140. The number of anilines is 1. The zero-order valence-electron chi connectivity index (χ0n) is 18.7. The Kier molecular flexibility index (Phi) is 7.59. The minimum absolute atomic E-state index is 0.0391. The lowest BCUT2D eigenvalue weighted by Gasteiger charge is -2.29. The molecule has 1 aliphatic carbocycles. The average Bonchev–Trinajstić information content (AvgIpc) is 2.95. The summed E-state index contributed by atoms with van der Waals surface area (Å²) >= 11 is 0. The highest BCUT2D eigenvalue weighted by Crippen LogP contribution is 2.30. The lowest BCUT2D eigenvalue weighted by Crippen LogP contribution is -2.51. The van der Waals surface area contributed by atoms with Crippen molar-refractivity contribution in [1.82, 2.24) is 5.32 Å². The van der Waals surface area contributed by atoms with Gasteiger partial charge < -0.3 is 10.0 Å². The molecule has 2 aromatic rings. The van der Waals surface area contributed by atoms with Gasteiger partial charge in [-0.05, 0) is 48.8 Å². The van der Waals surface area contributed by atoms with E-state index in [4.69, 9.17) is 0 Å². The molecule has 1 saturated carbocycles. The van der Waals surface area contributed by atoms with Crippen molar-refractivity contribution in [3.8, 4) is 0 Å². The van der Waals surface area contributed by atoms with Crippen molar-refractivity contribution >= 4 is 17.6 Å². The fourth-order valence-corrected chi connectivity index (χ4v) is 5.20. The smallest absolute Gasteiger partial charge is 0.320 e. The van der Waals surface area contributed by atoms with Gasteiger partial charge in [0, 0.05) is 5.69 Å². The summed E-state index contributed by atoms with van der Waals surface area (Å²) in [6.45, 7) is 0.481. The van der Waals surface area contributed by atoms with Crippen LogP contribution in [0.15, 0.2) is 54.6 Å². The molecule has 2 aromatic carbocycles. The van der Waals surface area contributed by atoms with Crippen LogP contribution >= 0.6 is 0 Å². The maximum atomic E-state index is 13.6. The van der Waals surface area contributed by atoms with Gasteiger partial charge in [0.25, 0.3) is 0 Å². The van der Waals surface area contributed by atoms with Gasteiger partial charge in [-0.15, -0.1) is 0 Å². The number of carboxylic acid groups (broad SMARTS) is 1. The highest BCUT2D eigenvalue weighted by atomic mass is 16.4. The van der Waals surface area contributed by atoms with Crippen LogP contribution in [0, 0.1) is 5.92 Å². The molecule has 0 unspecified atom stereocenters. The van der Waals surface area contributed by atoms with Gasteiger partial charge in [-0.1, -0.05) is 80.6 Å². The van der Waals surface area contributed by atoms with Gasteiger partial charge in [-0.2, -0.15) is 0 Å². The summed E-state index contributed by atoms with van der Waals surface area (Å²) in [5.41, 5.74) is 3.12. The summed E-state index contributed by atoms with van der Waals surface area (Å²) in [7, 11) is 0. The second kappa shape index (κ2) is 10.8. The highest BCUT2D eigenvalue weighted by Gasteiger charge is 2.33. The molecule has 1 fully saturated rings. The first kappa shape index (κ1) is 22.5. The number of benzene rings is 2. The summed E-state index contributed by atoms with van der Waals surface area (Å²) < 4.78 is 0. The topological polar surface area (TPSA) is 69.6 Å². The van der Waals surface area contributed by atoms with E-state index in [2.05, 4.69) is 11.4 Å². The van der Waals surface area contributed by atoms with E-state index in [1.54, 1.807) is 0 Å². The number of carbonyl (C=O) groups is 2. The Bertz CT molecular complexity index is 908. The summed E-state index contributed by atoms with van der Waals surface area (Å²) in [4.78, 5) is 27.5. The Balaban J connectivity index is 1.50. The first-order valence-electron chi connectivity index (χ1n) is 12.0. The molecule has 1 heterocycles. The lowest BCUT2D eigenvalue weighted by atomic mass is 9.85. The number of nitrogens with zero attached hydrogens (tertiary/aromatic N) is 1. The molecule has 1 amide bonds. The van der Waals surface area contributed by atoms with Crippen molar-refractivity contribution in [3.63, 3.8) is 0 Å². The molecule has 0 aromatic heterocycles. The van der Waals surface area contributed by atoms with Gasteiger partial charge in [0.2, 0.25) is 5.91 Å². The average molecular weight is 435 g/mol. The number of carboxylic acids is 1. The van der Waals surface area contributed by atoms with E-state index in [1.807, 2.05) is 53.4 Å². The van der Waals surface area contributed by atoms with Crippen LogP contribution < -0.4 is 10.2 Å². The highest BCUT2D eigenvalue weighted by molar-refractivity contribution is 5.98. The molecule has 2 atom stereocenters. The van der Waals surface area contributed by atoms with Crippen LogP contribution in [0.2, 0.25) is 0 Å². The minimum atomic E-state index is -0.857. The van der Waals surface area contributed by atoms with Crippen LogP contribution in [0.5, 0.6) is 0 Å². The fraction of sp³-hybridized carbons (Fsp3) is 0.481. The number of fused-ring (bicyclic) bond motifs is 1. The minimum Gasteiger partial charge on any atom is -0.480 e. The summed E-state index contributed by atoms with van der Waals surface area (Å²) in [5.74, 6) is -0.274. The number of carbonyl (C=O) groups excluding carboxylic acids is 1. The van der Waals surface area contributed by atoms with Crippen molar-refractivity contribution in [2.75, 3.05) is 4.90 Å². The van der Waals surface area contributed by atoms with Gasteiger partial charge in [0.05, 0.1) is 12.6 Å². The van der Waals surface area contributed by atoms with Gasteiger partial charge in [0.1, 0.15) is 6.04 Å². The van der Waals surface area contributed by atoms with Gasteiger partial charge in [0.15, 0.2) is 0 Å². The molecular weight excluding hydrogens is 400 g/mol. The van der Waals surface area contributed by atoms with Crippen molar-refractivity contribution in [2.45, 2.75) is 76.4 Å². The van der Waals surface area contributed by atoms with E-state index in [0.29, 0.717) is 25.3 Å². The molecule has 2 aliphatic rings. The molecule has 1 aliphatic heterocycles. The molecule has 0 bridgehead atoms. The molecule has 0 radical (unpaired) electrons. The Hall–Kier alpha value is -2.66. The van der Waals surface area contributed by atoms with Crippen molar-refractivity contribution in [3.05, 3.63) is 65.7 Å². The molecule has 4 rings (SSSR count). The first-order valence-corrected chi connectivity index (χ1v) is 12.0. The van der Waals surface area contributed by atoms with E-state index in [0.717, 1.165) is 29.7 Å². The molecular formula is C27H34N2O3. The van der Waals surface area contributed by atoms with E-state index in [-0.39, 0.29) is 5.91 Å². The maximum absolute atomic E-state index is 13.6. The van der Waals surface area contributed by atoms with Crippen LogP contribution in [0.3, 0.4) is 0 Å². The molecule has 170 valence electrons. The largest absolute Gasteiger partial charge is 0.480 e. The fourth-order valence-electron chi connectivity index (χ4n) is 5.20. The number of aryl methyl sites for hydroxylation is 1. The summed E-state index contributed by atoms with van der Waals surface area (Å²) in [5, 5.41) is 13.1. The molecule has 5 heteroatoms. The number of hydrogen-bond donors (Lipinski definition) is 2. The van der Waals surface area contributed by atoms with E-state index < -0.39 is 18.1 Å². The third-order valence-electron chi connectivity index (χ3n) is 7.02. The zero-order valence-corrected chi connectivity index (χ0v) is 18.7. The van der Waals surface area contributed by atoms with E-state index in [9.17, 15) is 14.7 Å². The number of hydrogen-bond acceptors (Lipinski definition) is 3. The second-order valence-electron chi connectivity index (χ2n) is 9.27. The molecule has 5 nitrogen and oxygen atoms in total. The molecule has 0 saturated heterocycles. The standard InChI is InChI=1S/C27H34N2O3/c30-26-23(28-24(27(31)32)17-15-20-9-3-1-4-10-20)18-16-22-13-7-8-14-25(22)29(26)19-21-11-5-2-6-12-21/h2,5-8,11-14,20,23-24,28H,1,3-4,9-10,15-19H2,(H,31,32)/t23-,24-/m0/s1. The normalized spacial score (nSPS) is 20.4. The van der Waals surface area contributed by atoms with E-state index >= 15 is 0 Å². The van der Waals surface area contributed by atoms with Crippen LogP contribution in [-0.4, -0.2) is 29.1 Å². The van der Waals surface area contributed by atoms with Crippen molar-refractivity contribution in [1.29, 1.82) is 0 Å². The third kappa shape index (κ3) is 5.57. The quantitative estimate of drug-likeness (QED) is 0.618. The number of aliphatic carboxylic acids is 1. The number of para-hydroxylation sites is 1. The predicted octanol–water partition coefficient (Wildman–Crippen LogP) is 4.94. The van der Waals surface area contributed by atoms with Gasteiger partial charge in [-0.3, -0.25) is 14.9 Å². The number of rotatable bonds is 8. The number of amides is 1. The van der Waals surface area contributed by atoms with Crippen molar-refractivity contribution in [2.24, 2.45) is 5.92 Å². The Morgan fingerprint density at radius 3 is 2.47 bits per heavy atom. The van der Waals surface area contributed by atoms with Gasteiger partial charge >= 0.3 is 5.97 Å². The first-order chi connectivity index (χ1) is 15.6. The van der Waals surface area contributed by atoms with Crippen LogP contribution in [0.25, 0.3) is 0 Å². The predicted molar refractivity (Wildman–Crippen MR) is 127 cm³/mol. The monoisotopic (exact) mass is 434 g/mol. The second-order valence-corrected chi connectivity index (χ2v) is 9.27. The van der Waals surface area contributed by atoms with Crippen molar-refractivity contribution < 1.29 is 14.7 Å². The van der Waals surface area contributed by atoms with Crippen LogP contribution in [0.1, 0.15) is 62.5 Å². The molecule has 0 spiro atoms. The Labute approximate surface area is 190 Å². The number of nitrogens with one attached hydrogen (secondary N) is 1. The molecule has 2 N–H and O–H groups in total. The third-order valence-corrected chi connectivity index (χ3v) is 7.02.